The molecule has 0 unspecified atom stereocenters. The summed E-state index contributed by atoms with van der Waals surface area (Å²) in [4.78, 5) is 4.13. The van der Waals surface area contributed by atoms with Crippen molar-refractivity contribution in [1.82, 2.24) is 4.98 Å². The van der Waals surface area contributed by atoms with E-state index in [1.807, 2.05) is 0 Å². The number of rotatable bonds is 4. The van der Waals surface area contributed by atoms with Gasteiger partial charge in [0.1, 0.15) is 6.10 Å². The van der Waals surface area contributed by atoms with Gasteiger partial charge in [-0.25, -0.2) is 9.37 Å². The molecule has 1 fully saturated rings. The molecule has 0 radical (unpaired) electrons. The average Bonchev–Trinajstić information content (AvgIpc) is 2.33. The molecule has 1 aromatic heterocycles. The van der Waals surface area contributed by atoms with E-state index in [2.05, 4.69) is 18.8 Å². The van der Waals surface area contributed by atoms with Crippen LogP contribution in [0, 0.1) is 11.7 Å². The molecule has 0 atom stereocenters. The molecule has 1 aliphatic carbocycles. The SMILES string of the molecule is CC(C)Cc1cnc(OC2CCCCC2)c(F)c1. The minimum atomic E-state index is -0.321. The zero-order valence-electron chi connectivity index (χ0n) is 11.3. The van der Waals surface area contributed by atoms with Crippen LogP contribution in [0.5, 0.6) is 5.88 Å². The van der Waals surface area contributed by atoms with Gasteiger partial charge in [-0.05, 0) is 49.7 Å². The number of pyridine rings is 1. The first-order valence-electron chi connectivity index (χ1n) is 6.96. The summed E-state index contributed by atoms with van der Waals surface area (Å²) in [7, 11) is 0. The maximum absolute atomic E-state index is 13.9. The summed E-state index contributed by atoms with van der Waals surface area (Å²) >= 11 is 0. The van der Waals surface area contributed by atoms with Gasteiger partial charge >= 0.3 is 0 Å². The van der Waals surface area contributed by atoms with E-state index in [1.165, 1.54) is 19.3 Å². The van der Waals surface area contributed by atoms with Crippen molar-refractivity contribution in [3.8, 4) is 5.88 Å². The Morgan fingerprint density at radius 1 is 1.33 bits per heavy atom. The predicted octanol–water partition coefficient (Wildman–Crippen LogP) is 4.13. The van der Waals surface area contributed by atoms with Gasteiger partial charge in [-0.3, -0.25) is 0 Å². The van der Waals surface area contributed by atoms with E-state index in [4.69, 9.17) is 4.74 Å². The minimum absolute atomic E-state index is 0.150. The largest absolute Gasteiger partial charge is 0.472 e. The third-order valence-electron chi connectivity index (χ3n) is 3.34. The third-order valence-corrected chi connectivity index (χ3v) is 3.34. The van der Waals surface area contributed by atoms with E-state index in [1.54, 1.807) is 12.3 Å². The molecule has 18 heavy (non-hydrogen) atoms. The van der Waals surface area contributed by atoms with Crippen molar-refractivity contribution in [2.24, 2.45) is 5.92 Å². The second-order valence-electron chi connectivity index (χ2n) is 5.61. The van der Waals surface area contributed by atoms with Gasteiger partial charge < -0.3 is 4.74 Å². The fourth-order valence-electron chi connectivity index (χ4n) is 2.48. The zero-order valence-corrected chi connectivity index (χ0v) is 11.3. The van der Waals surface area contributed by atoms with Gasteiger partial charge in [0, 0.05) is 6.20 Å². The molecule has 0 N–H and O–H groups in total. The molecule has 1 aromatic rings. The fraction of sp³-hybridized carbons (Fsp3) is 0.667. The van der Waals surface area contributed by atoms with E-state index in [-0.39, 0.29) is 17.8 Å². The normalized spacial score (nSPS) is 17.1. The lowest BCUT2D eigenvalue weighted by Crippen LogP contribution is -2.20. The Morgan fingerprint density at radius 2 is 2.06 bits per heavy atom. The molecule has 1 saturated carbocycles. The van der Waals surface area contributed by atoms with Crippen LogP contribution in [0.3, 0.4) is 0 Å². The quantitative estimate of drug-likeness (QED) is 0.802. The first-order chi connectivity index (χ1) is 8.65. The number of hydrogen-bond donors (Lipinski definition) is 0. The van der Waals surface area contributed by atoms with Crippen molar-refractivity contribution in [3.05, 3.63) is 23.6 Å². The highest BCUT2D eigenvalue weighted by Crippen LogP contribution is 2.24. The van der Waals surface area contributed by atoms with Gasteiger partial charge in [0.15, 0.2) is 5.82 Å². The van der Waals surface area contributed by atoms with E-state index in [0.29, 0.717) is 5.92 Å². The maximum Gasteiger partial charge on any atom is 0.250 e. The van der Waals surface area contributed by atoms with Crippen LogP contribution in [-0.4, -0.2) is 11.1 Å². The van der Waals surface area contributed by atoms with Crippen LogP contribution in [0.4, 0.5) is 4.39 Å². The van der Waals surface area contributed by atoms with Crippen molar-refractivity contribution in [3.63, 3.8) is 0 Å². The molecular weight excluding hydrogens is 229 g/mol. The Bertz CT molecular complexity index is 386. The van der Waals surface area contributed by atoms with Crippen LogP contribution >= 0.6 is 0 Å². The van der Waals surface area contributed by atoms with Gasteiger partial charge in [0.05, 0.1) is 0 Å². The predicted molar refractivity (Wildman–Crippen MR) is 70.2 cm³/mol. The standard InChI is InChI=1S/C15H22FNO/c1-11(2)8-12-9-14(16)15(17-10-12)18-13-6-4-3-5-7-13/h9-11,13H,3-8H2,1-2H3. The number of aromatic nitrogens is 1. The van der Waals surface area contributed by atoms with Gasteiger partial charge in [-0.15, -0.1) is 0 Å². The van der Waals surface area contributed by atoms with Crippen LogP contribution < -0.4 is 4.74 Å². The molecule has 0 amide bonds. The van der Waals surface area contributed by atoms with Crippen molar-refractivity contribution in [1.29, 1.82) is 0 Å². The van der Waals surface area contributed by atoms with Crippen LogP contribution in [-0.2, 0) is 6.42 Å². The molecule has 0 bridgehead atoms. The molecule has 0 spiro atoms. The Kier molecular flexibility index (Phi) is 4.56. The highest BCUT2D eigenvalue weighted by Gasteiger charge is 2.17. The molecule has 0 aliphatic heterocycles. The fourth-order valence-corrected chi connectivity index (χ4v) is 2.48. The van der Waals surface area contributed by atoms with Crippen LogP contribution in [0.15, 0.2) is 12.3 Å². The Morgan fingerprint density at radius 3 is 2.67 bits per heavy atom. The number of hydrogen-bond acceptors (Lipinski definition) is 2. The molecule has 1 aliphatic rings. The van der Waals surface area contributed by atoms with Crippen LogP contribution in [0.1, 0.15) is 51.5 Å². The Balaban J connectivity index is 2.00. The molecule has 1 heterocycles. The number of ether oxygens (including phenoxy) is 1. The summed E-state index contributed by atoms with van der Waals surface area (Å²) in [5.74, 6) is 0.365. The van der Waals surface area contributed by atoms with Gasteiger partial charge in [-0.2, -0.15) is 0 Å². The topological polar surface area (TPSA) is 22.1 Å². The smallest absolute Gasteiger partial charge is 0.250 e. The first kappa shape index (κ1) is 13.3. The van der Waals surface area contributed by atoms with Crippen molar-refractivity contribution in [2.45, 2.75) is 58.5 Å². The Labute approximate surface area is 109 Å². The second-order valence-corrected chi connectivity index (χ2v) is 5.61. The van der Waals surface area contributed by atoms with Crippen molar-refractivity contribution >= 4 is 0 Å². The number of halogens is 1. The zero-order chi connectivity index (χ0) is 13.0. The van der Waals surface area contributed by atoms with E-state index in [0.717, 1.165) is 24.8 Å². The van der Waals surface area contributed by atoms with Gasteiger partial charge in [-0.1, -0.05) is 20.3 Å². The first-order valence-corrected chi connectivity index (χ1v) is 6.96. The molecule has 0 saturated heterocycles. The summed E-state index contributed by atoms with van der Waals surface area (Å²) in [6.45, 7) is 4.23. The Hall–Kier alpha value is -1.12. The number of nitrogens with zero attached hydrogens (tertiary/aromatic N) is 1. The molecule has 2 rings (SSSR count). The van der Waals surface area contributed by atoms with E-state index >= 15 is 0 Å². The van der Waals surface area contributed by atoms with E-state index in [9.17, 15) is 4.39 Å². The van der Waals surface area contributed by atoms with E-state index < -0.39 is 0 Å². The summed E-state index contributed by atoms with van der Waals surface area (Å²) < 4.78 is 19.5. The van der Waals surface area contributed by atoms with Crippen LogP contribution in [0.25, 0.3) is 0 Å². The van der Waals surface area contributed by atoms with Crippen LogP contribution in [0.2, 0.25) is 0 Å². The summed E-state index contributed by atoms with van der Waals surface area (Å²) in [5.41, 5.74) is 0.943. The average molecular weight is 251 g/mol. The second kappa shape index (κ2) is 6.17. The monoisotopic (exact) mass is 251 g/mol. The lowest BCUT2D eigenvalue weighted by atomic mass is 9.98. The highest BCUT2D eigenvalue weighted by molar-refractivity contribution is 5.21. The third kappa shape index (κ3) is 3.69. The summed E-state index contributed by atoms with van der Waals surface area (Å²) in [6.07, 6.45) is 8.41. The van der Waals surface area contributed by atoms with Crippen molar-refractivity contribution < 1.29 is 9.13 Å². The lowest BCUT2D eigenvalue weighted by Gasteiger charge is -2.22. The van der Waals surface area contributed by atoms with Gasteiger partial charge in [0.2, 0.25) is 0 Å². The summed E-state index contributed by atoms with van der Waals surface area (Å²) in [6, 6.07) is 1.56. The van der Waals surface area contributed by atoms with Gasteiger partial charge in [0.25, 0.3) is 5.88 Å². The molecular formula is C15H22FNO. The molecule has 3 heteroatoms. The maximum atomic E-state index is 13.9. The molecule has 2 nitrogen and oxygen atoms in total. The molecule has 0 aromatic carbocycles. The lowest BCUT2D eigenvalue weighted by molar-refractivity contribution is 0.142. The molecule has 100 valence electrons. The van der Waals surface area contributed by atoms with Crippen molar-refractivity contribution in [2.75, 3.05) is 0 Å². The highest BCUT2D eigenvalue weighted by atomic mass is 19.1. The minimum Gasteiger partial charge on any atom is -0.472 e. The summed E-state index contributed by atoms with van der Waals surface area (Å²) in [5, 5.41) is 0.